The van der Waals surface area contributed by atoms with Crippen molar-refractivity contribution in [3.63, 3.8) is 0 Å². The number of rotatable bonds is 9. The molecular formula is C28H33FN2O6. The van der Waals surface area contributed by atoms with Crippen LogP contribution in [0.2, 0.25) is 0 Å². The van der Waals surface area contributed by atoms with Crippen molar-refractivity contribution in [1.82, 2.24) is 4.90 Å². The van der Waals surface area contributed by atoms with Gasteiger partial charge in [0.05, 0.1) is 20.8 Å². The highest BCUT2D eigenvalue weighted by Gasteiger charge is 2.38. The van der Waals surface area contributed by atoms with Gasteiger partial charge in [-0.2, -0.15) is 0 Å². The van der Waals surface area contributed by atoms with Crippen molar-refractivity contribution in [2.24, 2.45) is 0 Å². The molecule has 0 radical (unpaired) electrons. The number of anilines is 1. The number of fused-ring (bicyclic) bond motifs is 1. The van der Waals surface area contributed by atoms with Crippen LogP contribution in [0.5, 0.6) is 5.75 Å². The van der Waals surface area contributed by atoms with Crippen molar-refractivity contribution in [1.29, 1.82) is 0 Å². The third kappa shape index (κ3) is 6.11. The van der Waals surface area contributed by atoms with E-state index < -0.39 is 29.1 Å². The van der Waals surface area contributed by atoms with Gasteiger partial charge >= 0.3 is 0 Å². The lowest BCUT2D eigenvalue weighted by Crippen LogP contribution is -2.46. The van der Waals surface area contributed by atoms with E-state index in [0.29, 0.717) is 29.9 Å². The van der Waals surface area contributed by atoms with Crippen LogP contribution in [0, 0.1) is 5.82 Å². The molecule has 0 saturated carbocycles. The number of aliphatic hydroxyl groups excluding tert-OH is 1. The summed E-state index contributed by atoms with van der Waals surface area (Å²) in [6.07, 6.45) is 1.56. The predicted octanol–water partition coefficient (Wildman–Crippen LogP) is 4.42. The maximum Gasteiger partial charge on any atom is 0.290 e. The first-order chi connectivity index (χ1) is 17.5. The van der Waals surface area contributed by atoms with Gasteiger partial charge in [-0.3, -0.25) is 9.59 Å². The summed E-state index contributed by atoms with van der Waals surface area (Å²) in [6, 6.07) is 8.72. The molecular weight excluding hydrogens is 479 g/mol. The average molecular weight is 513 g/mol. The first-order valence-corrected chi connectivity index (χ1v) is 11.7. The molecule has 0 saturated heterocycles. The van der Waals surface area contributed by atoms with Crippen LogP contribution in [0.25, 0.3) is 0 Å². The summed E-state index contributed by atoms with van der Waals surface area (Å²) in [5.74, 6) is -1.50. The number of nitrogens with one attached hydrogen (secondary N) is 1. The van der Waals surface area contributed by atoms with E-state index in [2.05, 4.69) is 11.9 Å². The molecule has 0 bridgehead atoms. The van der Waals surface area contributed by atoms with E-state index in [0.717, 1.165) is 11.6 Å². The topological polar surface area (TPSA) is 97.3 Å². The van der Waals surface area contributed by atoms with Crippen LogP contribution in [0.3, 0.4) is 0 Å². The second-order valence-electron chi connectivity index (χ2n) is 9.42. The largest absolute Gasteiger partial charge is 0.508 e. The van der Waals surface area contributed by atoms with E-state index in [1.54, 1.807) is 38.5 Å². The minimum Gasteiger partial charge on any atom is -0.508 e. The normalized spacial score (nSPS) is 15.6. The molecule has 2 N–H and O–H groups in total. The van der Waals surface area contributed by atoms with Crippen molar-refractivity contribution in [2.75, 3.05) is 39.8 Å². The summed E-state index contributed by atoms with van der Waals surface area (Å²) < 4.78 is 30.7. The minimum absolute atomic E-state index is 0.168. The Morgan fingerprint density at radius 2 is 1.95 bits per heavy atom. The van der Waals surface area contributed by atoms with E-state index in [-0.39, 0.29) is 23.8 Å². The number of ether oxygens (including phenoxy) is 3. The zero-order valence-electron chi connectivity index (χ0n) is 21.8. The molecule has 37 heavy (non-hydrogen) atoms. The van der Waals surface area contributed by atoms with Crippen molar-refractivity contribution in [3.8, 4) is 5.75 Å². The Balaban J connectivity index is 1.99. The fraction of sp³-hybridized carbons (Fsp3) is 0.357. The quantitative estimate of drug-likeness (QED) is 0.293. The van der Waals surface area contributed by atoms with Gasteiger partial charge in [0.15, 0.2) is 5.76 Å². The van der Waals surface area contributed by atoms with Crippen LogP contribution in [-0.4, -0.2) is 56.3 Å². The highest BCUT2D eigenvalue weighted by molar-refractivity contribution is 6.01. The molecule has 3 rings (SSSR count). The number of hydrogen-bond acceptors (Lipinski definition) is 6. The number of halogens is 1. The third-order valence-electron chi connectivity index (χ3n) is 6.29. The predicted molar refractivity (Wildman–Crippen MR) is 138 cm³/mol. The van der Waals surface area contributed by atoms with E-state index >= 15 is 4.39 Å². The van der Waals surface area contributed by atoms with Gasteiger partial charge in [0.1, 0.15) is 23.4 Å². The van der Waals surface area contributed by atoms with Crippen LogP contribution < -0.4 is 10.1 Å². The SMILES string of the molecule is C=C(O)/C=C(\OC)C(=O)N1CCc2cc(OC)ccc2[C@@H]1C(=O)Nc1ccc(C(C)(C)COC)c(F)c1. The first kappa shape index (κ1) is 27.7. The Morgan fingerprint density at radius 1 is 1.22 bits per heavy atom. The maximum absolute atomic E-state index is 15.0. The number of benzene rings is 2. The fourth-order valence-electron chi connectivity index (χ4n) is 4.52. The van der Waals surface area contributed by atoms with Gasteiger partial charge in [-0.05, 0) is 47.4 Å². The Hall–Kier alpha value is -3.85. The zero-order chi connectivity index (χ0) is 27.3. The molecule has 1 aliphatic heterocycles. The van der Waals surface area contributed by atoms with E-state index in [1.165, 1.54) is 18.1 Å². The smallest absolute Gasteiger partial charge is 0.290 e. The summed E-state index contributed by atoms with van der Waals surface area (Å²) in [6.45, 7) is 7.63. The Morgan fingerprint density at radius 3 is 2.54 bits per heavy atom. The van der Waals surface area contributed by atoms with E-state index in [4.69, 9.17) is 14.2 Å². The van der Waals surface area contributed by atoms with Gasteiger partial charge in [0.2, 0.25) is 0 Å². The highest BCUT2D eigenvalue weighted by atomic mass is 19.1. The number of aliphatic hydroxyl groups is 1. The summed E-state index contributed by atoms with van der Waals surface area (Å²) in [4.78, 5) is 28.3. The van der Waals surface area contributed by atoms with Crippen LogP contribution in [0.15, 0.2) is 60.6 Å². The number of methoxy groups -OCH3 is 3. The van der Waals surface area contributed by atoms with Crippen molar-refractivity contribution in [2.45, 2.75) is 31.7 Å². The Bertz CT molecular complexity index is 1220. The number of nitrogens with zero attached hydrogens (tertiary/aromatic N) is 1. The van der Waals surface area contributed by atoms with Crippen molar-refractivity contribution < 1.29 is 33.3 Å². The van der Waals surface area contributed by atoms with Crippen LogP contribution >= 0.6 is 0 Å². The van der Waals surface area contributed by atoms with Gasteiger partial charge in [-0.15, -0.1) is 0 Å². The van der Waals surface area contributed by atoms with Gasteiger partial charge in [-0.1, -0.05) is 32.6 Å². The molecule has 0 spiro atoms. The molecule has 0 unspecified atom stereocenters. The second-order valence-corrected chi connectivity index (χ2v) is 9.42. The number of allylic oxidation sites excluding steroid dienone is 1. The summed E-state index contributed by atoms with van der Waals surface area (Å²) in [7, 11) is 4.40. The summed E-state index contributed by atoms with van der Waals surface area (Å²) >= 11 is 0. The van der Waals surface area contributed by atoms with Gasteiger partial charge in [0.25, 0.3) is 11.8 Å². The van der Waals surface area contributed by atoms with Gasteiger partial charge in [0, 0.05) is 30.8 Å². The number of carbonyl (C=O) groups is 2. The van der Waals surface area contributed by atoms with Gasteiger partial charge in [-0.25, -0.2) is 4.39 Å². The molecule has 1 heterocycles. The van der Waals surface area contributed by atoms with Gasteiger partial charge < -0.3 is 29.5 Å². The molecule has 2 aromatic rings. The molecule has 1 atom stereocenters. The molecule has 0 aromatic heterocycles. The lowest BCUT2D eigenvalue weighted by molar-refractivity contribution is -0.138. The first-order valence-electron chi connectivity index (χ1n) is 11.7. The molecule has 9 heteroatoms. The van der Waals surface area contributed by atoms with E-state index in [1.807, 2.05) is 19.9 Å². The lowest BCUT2D eigenvalue weighted by atomic mass is 9.85. The van der Waals surface area contributed by atoms with Crippen LogP contribution in [0.1, 0.15) is 36.6 Å². The summed E-state index contributed by atoms with van der Waals surface area (Å²) in [5, 5.41) is 12.3. The average Bonchev–Trinajstić information content (AvgIpc) is 2.85. The fourth-order valence-corrected chi connectivity index (χ4v) is 4.52. The minimum atomic E-state index is -1.04. The maximum atomic E-state index is 15.0. The van der Waals surface area contributed by atoms with Crippen LogP contribution in [-0.2, 0) is 30.9 Å². The zero-order valence-corrected chi connectivity index (χ0v) is 21.8. The highest BCUT2D eigenvalue weighted by Crippen LogP contribution is 2.35. The van der Waals surface area contributed by atoms with Crippen LogP contribution in [0.4, 0.5) is 10.1 Å². The second kappa shape index (κ2) is 11.5. The molecule has 2 amide bonds. The monoisotopic (exact) mass is 512 g/mol. The number of carbonyl (C=O) groups excluding carboxylic acids is 2. The molecule has 198 valence electrons. The molecule has 2 aromatic carbocycles. The van der Waals surface area contributed by atoms with Crippen molar-refractivity contribution >= 4 is 17.5 Å². The van der Waals surface area contributed by atoms with E-state index in [9.17, 15) is 14.7 Å². The molecule has 1 aliphatic rings. The lowest BCUT2D eigenvalue weighted by Gasteiger charge is -2.36. The van der Waals surface area contributed by atoms with Crippen molar-refractivity contribution in [3.05, 3.63) is 83.1 Å². The number of hydrogen-bond donors (Lipinski definition) is 2. The molecule has 0 aliphatic carbocycles. The molecule has 0 fully saturated rings. The molecule has 8 nitrogen and oxygen atoms in total. The number of amides is 2. The standard InChI is InChI=1S/C28H33FN2O6/c1-17(32)13-24(37-6)27(34)31-12-11-18-14-20(36-5)8-9-21(18)25(31)26(33)30-19-7-10-22(23(29)15-19)28(2,3)16-35-4/h7-10,13-15,25,32H,1,11-12,16H2,2-6H3,(H,30,33)/b24-13-/t25-/m1/s1. The Labute approximate surface area is 216 Å². The summed E-state index contributed by atoms with van der Waals surface area (Å²) in [5.41, 5.74) is 1.60. The third-order valence-corrected chi connectivity index (χ3v) is 6.29. The Kier molecular flexibility index (Phi) is 8.60.